The maximum Gasteiger partial charge on any atom is 0.416 e. The quantitative estimate of drug-likeness (QED) is 0.335. The number of benzene rings is 2. The van der Waals surface area contributed by atoms with Gasteiger partial charge in [-0.05, 0) is 18.2 Å². The van der Waals surface area contributed by atoms with Gasteiger partial charge in [0.15, 0.2) is 10.8 Å². The van der Waals surface area contributed by atoms with Crippen LogP contribution in [0.2, 0.25) is 0 Å². The van der Waals surface area contributed by atoms with Gasteiger partial charge >= 0.3 is 12.1 Å². The molecule has 3 aromatic heterocycles. The number of carbonyl (C=O) groups is 1. The summed E-state index contributed by atoms with van der Waals surface area (Å²) in [7, 11) is 0. The van der Waals surface area contributed by atoms with Gasteiger partial charge in [-0.3, -0.25) is 9.20 Å². The third-order valence-electron chi connectivity index (χ3n) is 4.95. The van der Waals surface area contributed by atoms with Crippen LogP contribution >= 0.6 is 11.3 Å². The van der Waals surface area contributed by atoms with E-state index >= 15 is 0 Å². The van der Waals surface area contributed by atoms with Crippen molar-refractivity contribution >= 4 is 22.3 Å². The Morgan fingerprint density at radius 3 is 2.60 bits per heavy atom. The lowest BCUT2D eigenvalue weighted by Crippen LogP contribution is -2.15. The highest BCUT2D eigenvalue weighted by Crippen LogP contribution is 2.31. The van der Waals surface area contributed by atoms with E-state index in [2.05, 4.69) is 15.1 Å². The van der Waals surface area contributed by atoms with Gasteiger partial charge in [0, 0.05) is 23.2 Å². The Hall–Kier alpha value is -4.32. The lowest BCUT2D eigenvalue weighted by Gasteiger charge is -2.10. The topological polar surface area (TPSA) is 91.4 Å². The molecule has 2 aromatic carbocycles. The van der Waals surface area contributed by atoms with Gasteiger partial charge in [-0.25, -0.2) is 19.4 Å². The second-order valence-corrected chi connectivity index (χ2v) is 8.18. The number of thiazole rings is 1. The number of hydrogen-bond acceptors (Lipinski definition) is 7. The zero-order valence-electron chi connectivity index (χ0n) is 17.6. The minimum atomic E-state index is -4.55. The molecule has 0 bridgehead atoms. The number of hydrogen-bond donors (Lipinski definition) is 0. The zero-order valence-corrected chi connectivity index (χ0v) is 18.5. The van der Waals surface area contributed by atoms with E-state index in [-0.39, 0.29) is 35.2 Å². The van der Waals surface area contributed by atoms with Gasteiger partial charge in [0.1, 0.15) is 6.61 Å². The number of alkyl halides is 3. The molecule has 0 N–H and O–H groups in total. The van der Waals surface area contributed by atoms with E-state index in [0.29, 0.717) is 10.5 Å². The molecular weight excluding hydrogens is 483 g/mol. The maximum atomic E-state index is 13.3. The molecule has 35 heavy (non-hydrogen) atoms. The van der Waals surface area contributed by atoms with Gasteiger partial charge in [0.05, 0.1) is 16.9 Å². The van der Waals surface area contributed by atoms with Crippen LogP contribution < -0.4 is 5.56 Å². The smallest absolute Gasteiger partial charge is 0.416 e. The van der Waals surface area contributed by atoms with Crippen molar-refractivity contribution in [3.8, 4) is 17.1 Å². The molecule has 0 unspecified atom stereocenters. The van der Waals surface area contributed by atoms with Crippen molar-refractivity contribution < 1.29 is 22.7 Å². The number of aromatic nitrogens is 5. The monoisotopic (exact) mass is 497 g/mol. The number of esters is 1. The predicted molar refractivity (Wildman–Crippen MR) is 120 cm³/mol. The summed E-state index contributed by atoms with van der Waals surface area (Å²) >= 11 is 1.25. The van der Waals surface area contributed by atoms with Crippen LogP contribution in [0.5, 0.6) is 0 Å². The van der Waals surface area contributed by atoms with Gasteiger partial charge in [0.2, 0.25) is 0 Å². The number of carbonyl (C=O) groups excluding carboxylic acids is 1. The van der Waals surface area contributed by atoms with Crippen molar-refractivity contribution in [2.75, 3.05) is 0 Å². The molecule has 5 rings (SSSR count). The average molecular weight is 497 g/mol. The Labute approximate surface area is 198 Å². The molecule has 3 heterocycles. The second kappa shape index (κ2) is 8.80. The SMILES string of the molecule is O=C(OCc1cc(=O)n2ccsc2n1)c1nc(-c2ccccc2)n(-c2cccc(C(F)(F)F)c2)n1. The fourth-order valence-electron chi connectivity index (χ4n) is 3.33. The van der Waals surface area contributed by atoms with Crippen LogP contribution in [-0.2, 0) is 17.5 Å². The Bertz CT molecular complexity index is 1590. The first-order valence-electron chi connectivity index (χ1n) is 10.1. The Morgan fingerprint density at radius 2 is 1.83 bits per heavy atom. The van der Waals surface area contributed by atoms with E-state index in [0.717, 1.165) is 16.8 Å². The average Bonchev–Trinajstić information content (AvgIpc) is 3.51. The van der Waals surface area contributed by atoms with E-state index < -0.39 is 17.7 Å². The van der Waals surface area contributed by atoms with Crippen molar-refractivity contribution in [3.63, 3.8) is 0 Å². The van der Waals surface area contributed by atoms with Crippen molar-refractivity contribution in [1.82, 2.24) is 24.1 Å². The zero-order chi connectivity index (χ0) is 24.6. The first-order chi connectivity index (χ1) is 16.8. The molecule has 0 fully saturated rings. The van der Waals surface area contributed by atoms with E-state index in [1.54, 1.807) is 41.9 Å². The summed E-state index contributed by atoms with van der Waals surface area (Å²) in [6, 6.07) is 14.4. The molecule has 0 saturated carbocycles. The summed E-state index contributed by atoms with van der Waals surface area (Å²) in [5.74, 6) is -1.11. The minimum absolute atomic E-state index is 0.0723. The van der Waals surface area contributed by atoms with Crippen molar-refractivity contribution in [2.45, 2.75) is 12.8 Å². The van der Waals surface area contributed by atoms with Crippen molar-refractivity contribution in [2.24, 2.45) is 0 Å². The Kier molecular flexibility index (Phi) is 5.65. The molecular formula is C23H14F3N5O3S. The molecule has 0 amide bonds. The molecule has 0 radical (unpaired) electrons. The van der Waals surface area contributed by atoms with E-state index in [9.17, 15) is 22.8 Å². The van der Waals surface area contributed by atoms with Gasteiger partial charge in [0.25, 0.3) is 11.4 Å². The summed E-state index contributed by atoms with van der Waals surface area (Å²) in [5, 5.41) is 5.83. The van der Waals surface area contributed by atoms with Crippen LogP contribution in [0.4, 0.5) is 13.2 Å². The highest BCUT2D eigenvalue weighted by atomic mass is 32.1. The summed E-state index contributed by atoms with van der Waals surface area (Å²) in [5.41, 5.74) is -0.334. The molecule has 0 atom stereocenters. The van der Waals surface area contributed by atoms with Crippen molar-refractivity contribution in [1.29, 1.82) is 0 Å². The van der Waals surface area contributed by atoms with Crippen LogP contribution in [-0.4, -0.2) is 30.1 Å². The highest BCUT2D eigenvalue weighted by Gasteiger charge is 2.31. The van der Waals surface area contributed by atoms with Crippen LogP contribution in [0, 0.1) is 0 Å². The molecule has 0 aliphatic carbocycles. The summed E-state index contributed by atoms with van der Waals surface area (Å²) in [4.78, 5) is 33.8. The standard InChI is InChI=1S/C23H14F3N5O3S/c24-23(25,26)15-7-4-8-17(11-15)31-20(14-5-2-1-3-6-14)28-19(29-31)21(33)34-13-16-12-18(32)30-9-10-35-22(30)27-16/h1-12H,13H2. The van der Waals surface area contributed by atoms with Crippen LogP contribution in [0.15, 0.2) is 77.0 Å². The number of ether oxygens (including phenoxy) is 1. The predicted octanol–water partition coefficient (Wildman–Crippen LogP) is 4.38. The molecule has 0 aliphatic rings. The molecule has 0 saturated heterocycles. The molecule has 5 aromatic rings. The number of fused-ring (bicyclic) bond motifs is 1. The first-order valence-corrected chi connectivity index (χ1v) is 11.0. The van der Waals surface area contributed by atoms with E-state index in [1.165, 1.54) is 33.9 Å². The van der Waals surface area contributed by atoms with Crippen LogP contribution in [0.25, 0.3) is 22.0 Å². The lowest BCUT2D eigenvalue weighted by atomic mass is 10.2. The first kappa shape index (κ1) is 22.5. The largest absolute Gasteiger partial charge is 0.453 e. The number of rotatable bonds is 5. The van der Waals surface area contributed by atoms with Crippen molar-refractivity contribution in [3.05, 3.63) is 99.7 Å². The maximum absolute atomic E-state index is 13.3. The molecule has 0 aliphatic heterocycles. The van der Waals surface area contributed by atoms with Crippen LogP contribution in [0.3, 0.4) is 0 Å². The van der Waals surface area contributed by atoms with Gasteiger partial charge in [-0.1, -0.05) is 36.4 Å². The minimum Gasteiger partial charge on any atom is -0.453 e. The molecule has 8 nitrogen and oxygen atoms in total. The fourth-order valence-corrected chi connectivity index (χ4v) is 4.07. The second-order valence-electron chi connectivity index (χ2n) is 7.30. The Morgan fingerprint density at radius 1 is 1.03 bits per heavy atom. The third kappa shape index (κ3) is 4.55. The summed E-state index contributed by atoms with van der Waals surface area (Å²) in [6.07, 6.45) is -2.97. The van der Waals surface area contributed by atoms with Gasteiger partial charge < -0.3 is 4.74 Å². The van der Waals surface area contributed by atoms with Crippen LogP contribution in [0.1, 0.15) is 21.9 Å². The van der Waals surface area contributed by atoms with Gasteiger partial charge in [-0.15, -0.1) is 16.4 Å². The van der Waals surface area contributed by atoms with E-state index in [4.69, 9.17) is 4.74 Å². The number of halogens is 3. The Balaban J connectivity index is 1.48. The highest BCUT2D eigenvalue weighted by molar-refractivity contribution is 7.15. The van der Waals surface area contributed by atoms with Gasteiger partial charge in [-0.2, -0.15) is 13.2 Å². The summed E-state index contributed by atoms with van der Waals surface area (Å²) in [6.45, 7) is -0.304. The molecule has 0 spiro atoms. The number of nitrogens with zero attached hydrogens (tertiary/aromatic N) is 5. The summed E-state index contributed by atoms with van der Waals surface area (Å²) < 4.78 is 47.5. The van der Waals surface area contributed by atoms with E-state index in [1.807, 2.05) is 0 Å². The molecule has 12 heteroatoms. The third-order valence-corrected chi connectivity index (χ3v) is 5.70. The molecule has 176 valence electrons. The lowest BCUT2D eigenvalue weighted by molar-refractivity contribution is -0.137. The normalized spacial score (nSPS) is 11.6. The fraction of sp³-hybridized carbons (Fsp3) is 0.0870.